The minimum atomic E-state index is -0.648. The van der Waals surface area contributed by atoms with Crippen molar-refractivity contribution in [1.29, 1.82) is 0 Å². The van der Waals surface area contributed by atoms with Gasteiger partial charge in [-0.25, -0.2) is 0 Å². The van der Waals surface area contributed by atoms with Crippen molar-refractivity contribution >= 4 is 0 Å². The number of aromatic nitrogens is 2. The van der Waals surface area contributed by atoms with Crippen molar-refractivity contribution in [2.75, 3.05) is 6.61 Å². The summed E-state index contributed by atoms with van der Waals surface area (Å²) in [5, 5.41) is 22.3. The van der Waals surface area contributed by atoms with Crippen molar-refractivity contribution in [2.24, 2.45) is 0 Å². The lowest BCUT2D eigenvalue weighted by Crippen LogP contribution is -2.05. The van der Waals surface area contributed by atoms with Gasteiger partial charge >= 0.3 is 0 Å². The number of nitrogens with zero attached hydrogens (tertiary/aromatic N) is 2. The quantitative estimate of drug-likeness (QED) is 0.730. The minimum absolute atomic E-state index is 0.0181. The number of rotatable bonds is 4. The van der Waals surface area contributed by atoms with E-state index in [9.17, 15) is 5.11 Å². The Bertz CT molecular complexity index is 258. The van der Waals surface area contributed by atoms with Crippen molar-refractivity contribution in [3.05, 3.63) is 18.0 Å². The van der Waals surface area contributed by atoms with Crippen LogP contribution in [0, 0.1) is 0 Å². The summed E-state index contributed by atoms with van der Waals surface area (Å²) in [5.74, 6) is 0. The zero-order chi connectivity index (χ0) is 9.84. The standard InChI is InChI=1S/C9H16N2O2/c1-7(2)11-5-3-8(10-11)9(13)4-6-12/h3,5,7,9,12-13H,4,6H2,1-2H3. The summed E-state index contributed by atoms with van der Waals surface area (Å²) in [6.45, 7) is 4.03. The molecule has 1 aromatic rings. The fourth-order valence-electron chi connectivity index (χ4n) is 1.09. The molecule has 0 aromatic carbocycles. The Balaban J connectivity index is 2.67. The monoisotopic (exact) mass is 184 g/mol. The molecular weight excluding hydrogens is 168 g/mol. The highest BCUT2D eigenvalue weighted by Crippen LogP contribution is 2.14. The number of hydrogen-bond donors (Lipinski definition) is 2. The van der Waals surface area contributed by atoms with Crippen LogP contribution in [0.1, 0.15) is 38.1 Å². The Morgan fingerprint density at radius 1 is 1.54 bits per heavy atom. The first-order valence-corrected chi connectivity index (χ1v) is 4.49. The SMILES string of the molecule is CC(C)n1ccc(C(O)CCO)n1. The van der Waals surface area contributed by atoms with E-state index in [1.807, 2.05) is 20.0 Å². The van der Waals surface area contributed by atoms with Crippen LogP contribution in [0.3, 0.4) is 0 Å². The van der Waals surface area contributed by atoms with Crippen molar-refractivity contribution in [3.63, 3.8) is 0 Å². The largest absolute Gasteiger partial charge is 0.396 e. The molecule has 1 rings (SSSR count). The topological polar surface area (TPSA) is 58.3 Å². The minimum Gasteiger partial charge on any atom is -0.396 e. The molecule has 13 heavy (non-hydrogen) atoms. The zero-order valence-electron chi connectivity index (χ0n) is 8.01. The normalized spacial score (nSPS) is 13.6. The van der Waals surface area contributed by atoms with Gasteiger partial charge in [0.05, 0.1) is 11.8 Å². The second-order valence-corrected chi connectivity index (χ2v) is 3.34. The van der Waals surface area contributed by atoms with E-state index >= 15 is 0 Å². The summed E-state index contributed by atoms with van der Waals surface area (Å²) in [6, 6.07) is 2.08. The predicted molar refractivity (Wildman–Crippen MR) is 49.3 cm³/mol. The number of aliphatic hydroxyl groups is 2. The summed E-state index contributed by atoms with van der Waals surface area (Å²) in [4.78, 5) is 0. The van der Waals surface area contributed by atoms with Crippen LogP contribution in [-0.4, -0.2) is 26.6 Å². The van der Waals surface area contributed by atoms with Crippen molar-refractivity contribution in [2.45, 2.75) is 32.4 Å². The van der Waals surface area contributed by atoms with E-state index in [-0.39, 0.29) is 6.61 Å². The second-order valence-electron chi connectivity index (χ2n) is 3.34. The van der Waals surface area contributed by atoms with Gasteiger partial charge in [-0.3, -0.25) is 4.68 Å². The van der Waals surface area contributed by atoms with Gasteiger partial charge < -0.3 is 10.2 Å². The van der Waals surface area contributed by atoms with Gasteiger partial charge in [0.2, 0.25) is 0 Å². The first-order chi connectivity index (χ1) is 6.15. The van der Waals surface area contributed by atoms with Gasteiger partial charge in [0.1, 0.15) is 0 Å². The number of hydrogen-bond acceptors (Lipinski definition) is 3. The zero-order valence-corrected chi connectivity index (χ0v) is 8.01. The highest BCUT2D eigenvalue weighted by molar-refractivity contribution is 5.03. The second kappa shape index (κ2) is 4.39. The summed E-state index contributed by atoms with van der Waals surface area (Å²) in [6.07, 6.45) is 1.53. The molecule has 0 radical (unpaired) electrons. The maximum atomic E-state index is 9.48. The molecule has 0 saturated carbocycles. The first-order valence-electron chi connectivity index (χ1n) is 4.49. The Morgan fingerprint density at radius 3 is 2.69 bits per heavy atom. The summed E-state index contributed by atoms with van der Waals surface area (Å²) in [7, 11) is 0. The van der Waals surface area contributed by atoms with E-state index in [0.717, 1.165) is 0 Å². The van der Waals surface area contributed by atoms with E-state index in [1.165, 1.54) is 0 Å². The fourth-order valence-corrected chi connectivity index (χ4v) is 1.09. The Hall–Kier alpha value is -0.870. The molecular formula is C9H16N2O2. The van der Waals surface area contributed by atoms with E-state index in [0.29, 0.717) is 18.2 Å². The molecule has 4 heteroatoms. The lowest BCUT2D eigenvalue weighted by molar-refractivity contribution is 0.129. The van der Waals surface area contributed by atoms with Gasteiger partial charge in [-0.15, -0.1) is 0 Å². The average Bonchev–Trinajstić information content (AvgIpc) is 2.52. The third-order valence-corrected chi connectivity index (χ3v) is 1.90. The van der Waals surface area contributed by atoms with Crippen LogP contribution >= 0.6 is 0 Å². The lowest BCUT2D eigenvalue weighted by atomic mass is 10.2. The smallest absolute Gasteiger partial charge is 0.1000 e. The van der Waals surface area contributed by atoms with Gasteiger partial charge in [-0.05, 0) is 19.9 Å². The van der Waals surface area contributed by atoms with E-state index in [2.05, 4.69) is 5.10 Å². The summed E-state index contributed by atoms with van der Waals surface area (Å²) in [5.41, 5.74) is 0.628. The molecule has 0 amide bonds. The van der Waals surface area contributed by atoms with Gasteiger partial charge in [0.25, 0.3) is 0 Å². The number of aliphatic hydroxyl groups excluding tert-OH is 2. The molecule has 0 aliphatic rings. The van der Waals surface area contributed by atoms with Crippen LogP contribution in [0.2, 0.25) is 0 Å². The molecule has 1 unspecified atom stereocenters. The molecule has 1 atom stereocenters. The van der Waals surface area contributed by atoms with E-state index < -0.39 is 6.10 Å². The molecule has 0 bridgehead atoms. The van der Waals surface area contributed by atoms with Crippen molar-refractivity contribution in [1.82, 2.24) is 9.78 Å². The van der Waals surface area contributed by atoms with E-state index in [1.54, 1.807) is 10.7 Å². The summed E-state index contributed by atoms with van der Waals surface area (Å²) >= 11 is 0. The highest BCUT2D eigenvalue weighted by Gasteiger charge is 2.10. The lowest BCUT2D eigenvalue weighted by Gasteiger charge is -2.06. The average molecular weight is 184 g/mol. The molecule has 0 aliphatic carbocycles. The fraction of sp³-hybridized carbons (Fsp3) is 0.667. The third kappa shape index (κ3) is 2.54. The Kier molecular flexibility index (Phi) is 3.45. The Labute approximate surface area is 77.8 Å². The molecule has 4 nitrogen and oxygen atoms in total. The maximum Gasteiger partial charge on any atom is 0.1000 e. The van der Waals surface area contributed by atoms with Gasteiger partial charge in [0, 0.05) is 25.3 Å². The first kappa shape index (κ1) is 10.2. The summed E-state index contributed by atoms with van der Waals surface area (Å²) < 4.78 is 1.79. The highest BCUT2D eigenvalue weighted by atomic mass is 16.3. The molecule has 1 heterocycles. The van der Waals surface area contributed by atoms with Crippen LogP contribution in [0.15, 0.2) is 12.3 Å². The van der Waals surface area contributed by atoms with E-state index in [4.69, 9.17) is 5.11 Å². The van der Waals surface area contributed by atoms with Crippen LogP contribution in [-0.2, 0) is 0 Å². The molecule has 2 N–H and O–H groups in total. The Morgan fingerprint density at radius 2 is 2.23 bits per heavy atom. The molecule has 1 aromatic heterocycles. The molecule has 0 spiro atoms. The molecule has 0 aliphatic heterocycles. The van der Waals surface area contributed by atoms with Crippen molar-refractivity contribution in [3.8, 4) is 0 Å². The molecule has 0 fully saturated rings. The van der Waals surface area contributed by atoms with Crippen LogP contribution in [0.25, 0.3) is 0 Å². The molecule has 0 saturated heterocycles. The predicted octanol–water partition coefficient (Wildman–Crippen LogP) is 0.880. The van der Waals surface area contributed by atoms with Crippen LogP contribution < -0.4 is 0 Å². The van der Waals surface area contributed by atoms with Crippen LogP contribution in [0.5, 0.6) is 0 Å². The van der Waals surface area contributed by atoms with Crippen molar-refractivity contribution < 1.29 is 10.2 Å². The molecule has 74 valence electrons. The van der Waals surface area contributed by atoms with Gasteiger partial charge in [-0.2, -0.15) is 5.10 Å². The third-order valence-electron chi connectivity index (χ3n) is 1.90. The van der Waals surface area contributed by atoms with Gasteiger partial charge in [-0.1, -0.05) is 0 Å². The maximum absolute atomic E-state index is 9.48. The van der Waals surface area contributed by atoms with Crippen LogP contribution in [0.4, 0.5) is 0 Å². The van der Waals surface area contributed by atoms with Gasteiger partial charge in [0.15, 0.2) is 0 Å².